The van der Waals surface area contributed by atoms with Gasteiger partial charge >= 0.3 is 0 Å². The van der Waals surface area contributed by atoms with Gasteiger partial charge < -0.3 is 19.2 Å². The monoisotopic (exact) mass is 337 g/mol. The molecule has 25 heavy (non-hydrogen) atoms. The van der Waals surface area contributed by atoms with Crippen molar-refractivity contribution in [3.05, 3.63) is 59.4 Å². The number of aryl methyl sites for hydroxylation is 2. The van der Waals surface area contributed by atoms with Crippen molar-refractivity contribution in [2.24, 2.45) is 0 Å². The molecule has 4 rings (SSSR count). The summed E-state index contributed by atoms with van der Waals surface area (Å²) in [7, 11) is 0. The second-order valence-corrected chi connectivity index (χ2v) is 6.26. The third kappa shape index (κ3) is 2.93. The first kappa shape index (κ1) is 15.6. The number of benzene rings is 2. The minimum atomic E-state index is -0.242. The summed E-state index contributed by atoms with van der Waals surface area (Å²) in [4.78, 5) is 12.5. The Labute approximate surface area is 145 Å². The molecular formula is C20H19NO4. The highest BCUT2D eigenvalue weighted by Crippen LogP contribution is 2.31. The van der Waals surface area contributed by atoms with Crippen LogP contribution in [0.5, 0.6) is 11.5 Å². The Bertz CT molecular complexity index is 944. The van der Waals surface area contributed by atoms with E-state index in [-0.39, 0.29) is 12.0 Å². The second-order valence-electron chi connectivity index (χ2n) is 6.26. The van der Waals surface area contributed by atoms with Gasteiger partial charge in [0.1, 0.15) is 18.3 Å². The molecule has 1 N–H and O–H groups in total. The SMILES string of the molecule is Cc1ccc2oc(C(=O)NCC3COc4ccccc4O3)c(C)c2c1. The number of hydrogen-bond donors (Lipinski definition) is 1. The topological polar surface area (TPSA) is 60.7 Å². The van der Waals surface area contributed by atoms with E-state index in [1.165, 1.54) is 0 Å². The minimum Gasteiger partial charge on any atom is -0.486 e. The molecule has 3 aromatic rings. The first-order valence-electron chi connectivity index (χ1n) is 8.28. The zero-order valence-corrected chi connectivity index (χ0v) is 14.2. The van der Waals surface area contributed by atoms with Crippen molar-refractivity contribution in [3.8, 4) is 11.5 Å². The summed E-state index contributed by atoms with van der Waals surface area (Å²) >= 11 is 0. The molecule has 0 radical (unpaired) electrons. The molecule has 0 saturated carbocycles. The van der Waals surface area contributed by atoms with E-state index in [4.69, 9.17) is 13.9 Å². The number of furan rings is 1. The van der Waals surface area contributed by atoms with Gasteiger partial charge in [-0.05, 0) is 38.1 Å². The van der Waals surface area contributed by atoms with E-state index < -0.39 is 0 Å². The Kier molecular flexibility index (Phi) is 3.84. The second kappa shape index (κ2) is 6.16. The summed E-state index contributed by atoms with van der Waals surface area (Å²) < 4.78 is 17.2. The van der Waals surface area contributed by atoms with Crippen LogP contribution in [0.3, 0.4) is 0 Å². The molecule has 1 aliphatic rings. The van der Waals surface area contributed by atoms with E-state index in [2.05, 4.69) is 5.32 Å². The largest absolute Gasteiger partial charge is 0.486 e. The Morgan fingerprint density at radius 2 is 1.96 bits per heavy atom. The first-order chi connectivity index (χ1) is 12.1. The van der Waals surface area contributed by atoms with Crippen LogP contribution in [0.2, 0.25) is 0 Å². The van der Waals surface area contributed by atoms with E-state index in [1.54, 1.807) is 0 Å². The van der Waals surface area contributed by atoms with Crippen LogP contribution < -0.4 is 14.8 Å². The lowest BCUT2D eigenvalue weighted by Crippen LogP contribution is -2.40. The number of para-hydroxylation sites is 2. The van der Waals surface area contributed by atoms with Gasteiger partial charge in [-0.1, -0.05) is 23.8 Å². The number of amides is 1. The summed E-state index contributed by atoms with van der Waals surface area (Å²) in [6.45, 7) is 4.67. The fraction of sp³-hybridized carbons (Fsp3) is 0.250. The molecule has 2 heterocycles. The minimum absolute atomic E-state index is 0.231. The fourth-order valence-electron chi connectivity index (χ4n) is 3.00. The molecule has 1 atom stereocenters. The van der Waals surface area contributed by atoms with Crippen molar-refractivity contribution in [1.29, 1.82) is 0 Å². The zero-order valence-electron chi connectivity index (χ0n) is 14.2. The van der Waals surface area contributed by atoms with Gasteiger partial charge in [0.25, 0.3) is 5.91 Å². The molecule has 1 amide bonds. The summed E-state index contributed by atoms with van der Waals surface area (Å²) in [6, 6.07) is 13.4. The van der Waals surface area contributed by atoms with Crippen LogP contribution in [0.4, 0.5) is 0 Å². The number of nitrogens with one attached hydrogen (secondary N) is 1. The highest BCUT2D eigenvalue weighted by molar-refractivity contribution is 5.99. The van der Waals surface area contributed by atoms with Gasteiger partial charge in [0.15, 0.2) is 17.3 Å². The van der Waals surface area contributed by atoms with Crippen molar-refractivity contribution >= 4 is 16.9 Å². The van der Waals surface area contributed by atoms with Gasteiger partial charge in [0, 0.05) is 10.9 Å². The molecule has 1 unspecified atom stereocenters. The van der Waals surface area contributed by atoms with Crippen molar-refractivity contribution in [3.63, 3.8) is 0 Å². The molecular weight excluding hydrogens is 318 g/mol. The number of carbonyl (C=O) groups excluding carboxylic acids is 1. The lowest BCUT2D eigenvalue weighted by Gasteiger charge is -2.26. The van der Waals surface area contributed by atoms with E-state index in [9.17, 15) is 4.79 Å². The molecule has 5 nitrogen and oxygen atoms in total. The molecule has 1 aliphatic heterocycles. The number of ether oxygens (including phenoxy) is 2. The summed E-state index contributed by atoms with van der Waals surface area (Å²) in [5, 5.41) is 3.85. The fourth-order valence-corrected chi connectivity index (χ4v) is 3.00. The molecule has 1 aromatic heterocycles. The first-order valence-corrected chi connectivity index (χ1v) is 8.28. The summed E-state index contributed by atoms with van der Waals surface area (Å²) in [5.74, 6) is 1.53. The maximum atomic E-state index is 12.5. The summed E-state index contributed by atoms with van der Waals surface area (Å²) in [6.07, 6.45) is -0.231. The van der Waals surface area contributed by atoms with Gasteiger partial charge in [-0.15, -0.1) is 0 Å². The molecule has 2 aromatic carbocycles. The quantitative estimate of drug-likeness (QED) is 0.793. The van der Waals surface area contributed by atoms with Crippen molar-refractivity contribution in [2.75, 3.05) is 13.2 Å². The lowest BCUT2D eigenvalue weighted by molar-refractivity contribution is 0.0774. The van der Waals surface area contributed by atoms with Crippen molar-refractivity contribution in [1.82, 2.24) is 5.32 Å². The molecule has 128 valence electrons. The highest BCUT2D eigenvalue weighted by atomic mass is 16.6. The van der Waals surface area contributed by atoms with Crippen LogP contribution in [0.15, 0.2) is 46.9 Å². The van der Waals surface area contributed by atoms with E-state index in [0.717, 1.165) is 27.8 Å². The van der Waals surface area contributed by atoms with Crippen LogP contribution in [-0.4, -0.2) is 25.2 Å². The maximum absolute atomic E-state index is 12.5. The molecule has 0 saturated heterocycles. The maximum Gasteiger partial charge on any atom is 0.287 e. The van der Waals surface area contributed by atoms with E-state index >= 15 is 0 Å². The van der Waals surface area contributed by atoms with E-state index in [0.29, 0.717) is 24.7 Å². The van der Waals surface area contributed by atoms with Crippen LogP contribution >= 0.6 is 0 Å². The molecule has 5 heteroatoms. The van der Waals surface area contributed by atoms with Crippen LogP contribution in [0.1, 0.15) is 21.7 Å². The highest BCUT2D eigenvalue weighted by Gasteiger charge is 2.23. The van der Waals surface area contributed by atoms with Gasteiger partial charge in [0.2, 0.25) is 0 Å². The van der Waals surface area contributed by atoms with Crippen molar-refractivity contribution in [2.45, 2.75) is 20.0 Å². The Hall–Kier alpha value is -2.95. The Morgan fingerprint density at radius 3 is 2.80 bits per heavy atom. The number of fused-ring (bicyclic) bond motifs is 2. The molecule has 0 spiro atoms. The van der Waals surface area contributed by atoms with E-state index in [1.807, 2.05) is 56.3 Å². The van der Waals surface area contributed by atoms with Gasteiger partial charge in [-0.3, -0.25) is 4.79 Å². The smallest absolute Gasteiger partial charge is 0.287 e. The molecule has 0 bridgehead atoms. The van der Waals surface area contributed by atoms with Gasteiger partial charge in [-0.25, -0.2) is 0 Å². The van der Waals surface area contributed by atoms with Gasteiger partial charge in [-0.2, -0.15) is 0 Å². The molecule has 0 aliphatic carbocycles. The Morgan fingerprint density at radius 1 is 1.16 bits per heavy atom. The average molecular weight is 337 g/mol. The number of hydrogen-bond acceptors (Lipinski definition) is 4. The number of carbonyl (C=O) groups is 1. The predicted molar refractivity (Wildman–Crippen MR) is 94.4 cm³/mol. The molecule has 0 fully saturated rings. The van der Waals surface area contributed by atoms with Crippen LogP contribution in [0, 0.1) is 13.8 Å². The van der Waals surface area contributed by atoms with Gasteiger partial charge in [0.05, 0.1) is 6.54 Å². The summed E-state index contributed by atoms with van der Waals surface area (Å²) in [5.41, 5.74) is 2.71. The predicted octanol–water partition coefficient (Wildman–Crippen LogP) is 3.62. The zero-order chi connectivity index (χ0) is 17.4. The lowest BCUT2D eigenvalue weighted by atomic mass is 10.1. The standard InChI is InChI=1S/C20H19NO4/c1-12-7-8-16-15(9-12)13(2)19(25-16)20(22)21-10-14-11-23-17-5-3-4-6-18(17)24-14/h3-9,14H,10-11H2,1-2H3,(H,21,22). The third-order valence-electron chi connectivity index (χ3n) is 4.36. The average Bonchev–Trinajstić information content (AvgIpc) is 2.96. The van der Waals surface area contributed by atoms with Crippen LogP contribution in [0.25, 0.3) is 11.0 Å². The third-order valence-corrected chi connectivity index (χ3v) is 4.36. The van der Waals surface area contributed by atoms with Crippen LogP contribution in [-0.2, 0) is 0 Å². The normalized spacial score (nSPS) is 16.0. The van der Waals surface area contributed by atoms with Crippen molar-refractivity contribution < 1.29 is 18.7 Å². The Balaban J connectivity index is 1.46. The number of rotatable bonds is 3.